The Morgan fingerprint density at radius 2 is 2.18 bits per heavy atom. The molecule has 1 aromatic carbocycles. The maximum absolute atomic E-state index is 3.95. The van der Waals surface area contributed by atoms with Gasteiger partial charge in [-0.25, -0.2) is 0 Å². The van der Waals surface area contributed by atoms with E-state index in [1.165, 1.54) is 18.5 Å². The van der Waals surface area contributed by atoms with Crippen LogP contribution in [-0.4, -0.2) is 24.2 Å². The summed E-state index contributed by atoms with van der Waals surface area (Å²) in [6, 6.07) is 10.8. The van der Waals surface area contributed by atoms with Crippen LogP contribution in [0.25, 0.3) is 0 Å². The Hall–Kier alpha value is -1.12. The molecule has 3 atom stereocenters. The highest BCUT2D eigenvalue weighted by atomic mass is 15.3. The zero-order valence-corrected chi connectivity index (χ0v) is 10.2. The lowest BCUT2D eigenvalue weighted by atomic mass is 9.94. The van der Waals surface area contributed by atoms with Crippen LogP contribution in [0.1, 0.15) is 12.0 Å². The fraction of sp³-hybridized carbons (Fsp3) is 0.467. The van der Waals surface area contributed by atoms with E-state index >= 15 is 0 Å². The van der Waals surface area contributed by atoms with Crippen molar-refractivity contribution >= 4 is 0 Å². The highest BCUT2D eigenvalue weighted by Crippen LogP contribution is 2.34. The number of hydrogen-bond acceptors (Lipinski definition) is 2. The van der Waals surface area contributed by atoms with Crippen molar-refractivity contribution in [1.82, 2.24) is 10.2 Å². The van der Waals surface area contributed by atoms with E-state index in [0.29, 0.717) is 12.1 Å². The van der Waals surface area contributed by atoms with Gasteiger partial charge in [-0.1, -0.05) is 36.4 Å². The molecule has 0 aromatic heterocycles. The number of fused-ring (bicyclic) bond motifs is 1. The van der Waals surface area contributed by atoms with Gasteiger partial charge in [0.25, 0.3) is 0 Å². The lowest BCUT2D eigenvalue weighted by Gasteiger charge is -2.24. The van der Waals surface area contributed by atoms with Gasteiger partial charge in [0.1, 0.15) is 0 Å². The number of likely N-dealkylation sites (tertiary alicyclic amines) is 1. The fourth-order valence-electron chi connectivity index (χ4n) is 3.27. The molecule has 2 nitrogen and oxygen atoms in total. The predicted molar refractivity (Wildman–Crippen MR) is 70.4 cm³/mol. The minimum Gasteiger partial charge on any atom is -0.301 e. The van der Waals surface area contributed by atoms with E-state index in [2.05, 4.69) is 53.2 Å². The van der Waals surface area contributed by atoms with Crippen molar-refractivity contribution in [3.05, 3.63) is 48.6 Å². The van der Waals surface area contributed by atoms with Gasteiger partial charge in [-0.2, -0.15) is 0 Å². The highest BCUT2D eigenvalue weighted by Gasteiger charge is 2.41. The largest absolute Gasteiger partial charge is 0.301 e. The van der Waals surface area contributed by atoms with E-state index in [0.717, 1.165) is 19.0 Å². The summed E-state index contributed by atoms with van der Waals surface area (Å²) in [5.41, 5.74) is 1.41. The maximum Gasteiger partial charge on any atom is 0.0635 e. The predicted octanol–water partition coefficient (Wildman–Crippen LogP) is 2.24. The molecule has 2 aliphatic rings. The van der Waals surface area contributed by atoms with Gasteiger partial charge in [-0.3, -0.25) is 4.90 Å². The molecule has 3 rings (SSSR count). The Kier molecular flexibility index (Phi) is 3.00. The van der Waals surface area contributed by atoms with Crippen molar-refractivity contribution in [2.75, 3.05) is 13.1 Å². The zero-order chi connectivity index (χ0) is 11.7. The van der Waals surface area contributed by atoms with Crippen LogP contribution in [0.15, 0.2) is 43.0 Å². The molecule has 0 bridgehead atoms. The summed E-state index contributed by atoms with van der Waals surface area (Å²) in [6.45, 7) is 7.33. The van der Waals surface area contributed by atoms with Crippen molar-refractivity contribution in [2.24, 2.45) is 11.8 Å². The Balaban J connectivity index is 1.69. The molecule has 2 heteroatoms. The lowest BCUT2D eigenvalue weighted by Crippen LogP contribution is -2.39. The molecule has 0 saturated carbocycles. The summed E-state index contributed by atoms with van der Waals surface area (Å²) in [6.07, 6.45) is 4.00. The van der Waals surface area contributed by atoms with Crippen LogP contribution >= 0.6 is 0 Å². The van der Waals surface area contributed by atoms with Crippen LogP contribution in [-0.2, 0) is 6.54 Å². The van der Waals surface area contributed by atoms with Crippen LogP contribution in [0.2, 0.25) is 0 Å². The van der Waals surface area contributed by atoms with Crippen LogP contribution in [0, 0.1) is 11.8 Å². The van der Waals surface area contributed by atoms with Gasteiger partial charge in [-0.05, 0) is 23.8 Å². The summed E-state index contributed by atoms with van der Waals surface area (Å²) in [5, 5.41) is 3.64. The van der Waals surface area contributed by atoms with Crippen LogP contribution in [0.4, 0.5) is 0 Å². The molecule has 2 saturated heterocycles. The van der Waals surface area contributed by atoms with Crippen molar-refractivity contribution < 1.29 is 0 Å². The minimum absolute atomic E-state index is 0.568. The first-order valence-electron chi connectivity index (χ1n) is 6.52. The van der Waals surface area contributed by atoms with Crippen molar-refractivity contribution in [2.45, 2.75) is 19.1 Å². The number of benzene rings is 1. The summed E-state index contributed by atoms with van der Waals surface area (Å²) in [4.78, 5) is 2.57. The smallest absolute Gasteiger partial charge is 0.0635 e. The first-order chi connectivity index (χ1) is 8.38. The van der Waals surface area contributed by atoms with Crippen molar-refractivity contribution in [3.8, 4) is 0 Å². The van der Waals surface area contributed by atoms with Crippen molar-refractivity contribution in [1.29, 1.82) is 0 Å². The monoisotopic (exact) mass is 228 g/mol. The second-order valence-corrected chi connectivity index (χ2v) is 5.16. The molecular weight excluding hydrogens is 208 g/mol. The van der Waals surface area contributed by atoms with Gasteiger partial charge in [-0.15, -0.1) is 6.58 Å². The quantitative estimate of drug-likeness (QED) is 0.798. The molecule has 1 N–H and O–H groups in total. The lowest BCUT2D eigenvalue weighted by molar-refractivity contribution is 0.210. The second-order valence-electron chi connectivity index (χ2n) is 5.16. The zero-order valence-electron chi connectivity index (χ0n) is 10.2. The van der Waals surface area contributed by atoms with Crippen molar-refractivity contribution in [3.63, 3.8) is 0 Å². The summed E-state index contributed by atoms with van der Waals surface area (Å²) in [7, 11) is 0. The van der Waals surface area contributed by atoms with Crippen LogP contribution in [0.3, 0.4) is 0 Å². The van der Waals surface area contributed by atoms with E-state index in [1.807, 2.05) is 0 Å². The minimum atomic E-state index is 0.568. The summed E-state index contributed by atoms with van der Waals surface area (Å²) < 4.78 is 0. The van der Waals surface area contributed by atoms with E-state index in [1.54, 1.807) is 0 Å². The third kappa shape index (κ3) is 2.03. The molecule has 90 valence electrons. The normalized spacial score (nSPS) is 32.6. The molecule has 0 aliphatic carbocycles. The van der Waals surface area contributed by atoms with E-state index in [9.17, 15) is 0 Å². The van der Waals surface area contributed by atoms with E-state index in [-0.39, 0.29) is 0 Å². The average molecular weight is 228 g/mol. The number of nitrogens with one attached hydrogen (secondary N) is 1. The number of rotatable bonds is 3. The fourth-order valence-corrected chi connectivity index (χ4v) is 3.27. The Morgan fingerprint density at radius 1 is 1.35 bits per heavy atom. The standard InChI is InChI=1S/C15H20N2/c1-2-13-10-16-15-14(13)8-9-17(15)11-12-6-4-3-5-7-12/h2-7,13-16H,1,8-11H2/t13-,14-,15-/m0/s1. The second kappa shape index (κ2) is 4.63. The van der Waals surface area contributed by atoms with Crippen LogP contribution < -0.4 is 5.32 Å². The average Bonchev–Trinajstić information content (AvgIpc) is 2.93. The molecule has 2 heterocycles. The summed E-state index contributed by atoms with van der Waals surface area (Å²) >= 11 is 0. The highest BCUT2D eigenvalue weighted by molar-refractivity contribution is 5.15. The Bertz CT molecular complexity index is 387. The van der Waals surface area contributed by atoms with Gasteiger partial charge in [0.15, 0.2) is 0 Å². The summed E-state index contributed by atoms with van der Waals surface area (Å²) in [5.74, 6) is 1.44. The molecular formula is C15H20N2. The van der Waals surface area contributed by atoms with Gasteiger partial charge in [0.2, 0.25) is 0 Å². The van der Waals surface area contributed by atoms with E-state index in [4.69, 9.17) is 0 Å². The molecule has 1 aromatic rings. The van der Waals surface area contributed by atoms with Gasteiger partial charge < -0.3 is 5.32 Å². The number of hydrogen-bond donors (Lipinski definition) is 1. The molecule has 0 amide bonds. The third-order valence-corrected chi connectivity index (χ3v) is 4.19. The topological polar surface area (TPSA) is 15.3 Å². The van der Waals surface area contributed by atoms with E-state index < -0.39 is 0 Å². The van der Waals surface area contributed by atoms with Crippen LogP contribution in [0.5, 0.6) is 0 Å². The van der Waals surface area contributed by atoms with Gasteiger partial charge in [0, 0.05) is 19.6 Å². The molecule has 0 radical (unpaired) electrons. The molecule has 2 fully saturated rings. The molecule has 0 unspecified atom stereocenters. The van der Waals surface area contributed by atoms with Gasteiger partial charge in [0.05, 0.1) is 6.17 Å². The Morgan fingerprint density at radius 3 is 2.94 bits per heavy atom. The molecule has 2 aliphatic heterocycles. The first-order valence-corrected chi connectivity index (χ1v) is 6.52. The number of nitrogens with zero attached hydrogens (tertiary/aromatic N) is 1. The molecule has 0 spiro atoms. The third-order valence-electron chi connectivity index (χ3n) is 4.19. The van der Waals surface area contributed by atoms with Gasteiger partial charge >= 0.3 is 0 Å². The SMILES string of the molecule is C=C[C@H]1CN[C@@H]2[C@H]1CCN2Cc1ccccc1. The molecule has 17 heavy (non-hydrogen) atoms. The maximum atomic E-state index is 3.95. The Labute approximate surface area is 103 Å². The first kappa shape index (κ1) is 11.0.